The molecule has 6 heteroatoms. The Labute approximate surface area is 130 Å². The molecule has 1 atom stereocenters. The number of anilines is 1. The minimum absolute atomic E-state index is 0.428. The Kier molecular flexibility index (Phi) is 5.03. The average molecular weight is 303 g/mol. The second kappa shape index (κ2) is 7.38. The summed E-state index contributed by atoms with van der Waals surface area (Å²) in [4.78, 5) is 17.9. The first-order valence-electron chi connectivity index (χ1n) is 7.69. The number of aliphatic imine (C=N–C) groups is 1. The summed E-state index contributed by atoms with van der Waals surface area (Å²) in [6.45, 7) is 5.17. The molecular weight excluding hydrogens is 282 g/mol. The van der Waals surface area contributed by atoms with Gasteiger partial charge in [-0.3, -0.25) is 4.90 Å². The predicted molar refractivity (Wildman–Crippen MR) is 84.1 cm³/mol. The van der Waals surface area contributed by atoms with Crippen LogP contribution in [0, 0.1) is 0 Å². The van der Waals surface area contributed by atoms with Crippen LogP contribution < -0.4 is 5.32 Å². The highest BCUT2D eigenvalue weighted by Gasteiger charge is 2.21. The second-order valence-electron chi connectivity index (χ2n) is 5.38. The van der Waals surface area contributed by atoms with Gasteiger partial charge < -0.3 is 19.6 Å². The van der Waals surface area contributed by atoms with Gasteiger partial charge in [0.05, 0.1) is 19.8 Å². The zero-order chi connectivity index (χ0) is 15.2. The third-order valence-electron chi connectivity index (χ3n) is 3.87. The standard InChI is InChI=1S/C16H21N3O3/c20-12-15-13-4-1-2-5-14(13)17-16(18-15)22-9-3-6-19-7-10-21-11-8-19/h1-2,4-5,12,15H,3,6-11H2,(H,17,18). The Morgan fingerprint density at radius 3 is 3.00 bits per heavy atom. The van der Waals surface area contributed by atoms with E-state index in [0.717, 1.165) is 56.8 Å². The fourth-order valence-corrected chi connectivity index (χ4v) is 2.67. The van der Waals surface area contributed by atoms with Gasteiger partial charge in [-0.05, 0) is 12.5 Å². The van der Waals surface area contributed by atoms with Crippen molar-refractivity contribution >= 4 is 18.0 Å². The predicted octanol–water partition coefficient (Wildman–Crippen LogP) is 1.45. The molecule has 3 rings (SSSR count). The summed E-state index contributed by atoms with van der Waals surface area (Å²) in [5.41, 5.74) is 1.77. The molecule has 0 spiro atoms. The van der Waals surface area contributed by atoms with Crippen molar-refractivity contribution in [2.75, 3.05) is 44.8 Å². The number of hydrogen-bond donors (Lipinski definition) is 1. The lowest BCUT2D eigenvalue weighted by Crippen LogP contribution is -2.37. The molecule has 1 aromatic carbocycles. The smallest absolute Gasteiger partial charge is 0.290 e. The van der Waals surface area contributed by atoms with Gasteiger partial charge in [0.2, 0.25) is 0 Å². The summed E-state index contributed by atoms with van der Waals surface area (Å²) in [5, 5.41) is 3.13. The molecule has 2 aliphatic rings. The Morgan fingerprint density at radius 2 is 2.18 bits per heavy atom. The highest BCUT2D eigenvalue weighted by molar-refractivity contribution is 5.94. The van der Waals surface area contributed by atoms with Gasteiger partial charge in [-0.2, -0.15) is 0 Å². The van der Waals surface area contributed by atoms with Crippen molar-refractivity contribution in [2.45, 2.75) is 12.5 Å². The number of nitrogens with one attached hydrogen (secondary N) is 1. The quantitative estimate of drug-likeness (QED) is 0.659. The molecule has 2 aliphatic heterocycles. The monoisotopic (exact) mass is 303 g/mol. The summed E-state index contributed by atoms with van der Waals surface area (Å²) in [7, 11) is 0. The van der Waals surface area contributed by atoms with Crippen LogP contribution in [0.4, 0.5) is 5.69 Å². The number of para-hydroxylation sites is 1. The van der Waals surface area contributed by atoms with Gasteiger partial charge in [0.15, 0.2) is 0 Å². The first-order chi connectivity index (χ1) is 10.9. The molecule has 0 saturated carbocycles. The minimum atomic E-state index is -0.480. The third-order valence-corrected chi connectivity index (χ3v) is 3.87. The van der Waals surface area contributed by atoms with Crippen molar-refractivity contribution in [3.63, 3.8) is 0 Å². The molecule has 1 aromatic rings. The van der Waals surface area contributed by atoms with Gasteiger partial charge in [0, 0.05) is 30.9 Å². The van der Waals surface area contributed by atoms with Gasteiger partial charge in [-0.15, -0.1) is 0 Å². The van der Waals surface area contributed by atoms with E-state index >= 15 is 0 Å². The Bertz CT molecular complexity index is 541. The molecular formula is C16H21N3O3. The fourth-order valence-electron chi connectivity index (χ4n) is 2.67. The number of ether oxygens (including phenoxy) is 2. The van der Waals surface area contributed by atoms with Crippen molar-refractivity contribution < 1.29 is 14.3 Å². The summed E-state index contributed by atoms with van der Waals surface area (Å²) in [6, 6.07) is 7.61. The van der Waals surface area contributed by atoms with Crippen LogP contribution in [0.15, 0.2) is 29.3 Å². The molecule has 1 unspecified atom stereocenters. The lowest BCUT2D eigenvalue weighted by Gasteiger charge is -2.26. The van der Waals surface area contributed by atoms with E-state index in [1.165, 1.54) is 0 Å². The van der Waals surface area contributed by atoms with Gasteiger partial charge in [-0.1, -0.05) is 18.2 Å². The SMILES string of the molecule is O=CC1N=C(OCCCN2CCOCC2)Nc2ccccc21. The summed E-state index contributed by atoms with van der Waals surface area (Å²) in [5.74, 6) is 0. The molecule has 118 valence electrons. The maximum atomic E-state index is 11.2. The van der Waals surface area contributed by atoms with Gasteiger partial charge in [0.25, 0.3) is 6.02 Å². The number of rotatable bonds is 5. The zero-order valence-electron chi connectivity index (χ0n) is 12.5. The summed E-state index contributed by atoms with van der Waals surface area (Å²) < 4.78 is 11.0. The van der Waals surface area contributed by atoms with E-state index in [0.29, 0.717) is 12.6 Å². The Balaban J connectivity index is 1.48. The lowest BCUT2D eigenvalue weighted by molar-refractivity contribution is -0.109. The van der Waals surface area contributed by atoms with Crippen molar-refractivity contribution in [3.8, 4) is 0 Å². The second-order valence-corrected chi connectivity index (χ2v) is 5.38. The van der Waals surface area contributed by atoms with E-state index in [1.807, 2.05) is 24.3 Å². The van der Waals surface area contributed by atoms with Crippen LogP contribution in [0.5, 0.6) is 0 Å². The average Bonchev–Trinajstić information content (AvgIpc) is 2.59. The van der Waals surface area contributed by atoms with Crippen LogP contribution in [0.1, 0.15) is 18.0 Å². The number of morpholine rings is 1. The van der Waals surface area contributed by atoms with Crippen molar-refractivity contribution in [2.24, 2.45) is 4.99 Å². The molecule has 0 aliphatic carbocycles. The van der Waals surface area contributed by atoms with Gasteiger partial charge >= 0.3 is 0 Å². The number of nitrogens with zero attached hydrogens (tertiary/aromatic N) is 2. The fraction of sp³-hybridized carbons (Fsp3) is 0.500. The maximum absolute atomic E-state index is 11.2. The zero-order valence-corrected chi connectivity index (χ0v) is 12.5. The van der Waals surface area contributed by atoms with Crippen LogP contribution >= 0.6 is 0 Å². The molecule has 0 radical (unpaired) electrons. The number of amidine groups is 1. The number of fused-ring (bicyclic) bond motifs is 1. The molecule has 22 heavy (non-hydrogen) atoms. The number of benzene rings is 1. The highest BCUT2D eigenvalue weighted by atomic mass is 16.5. The molecule has 0 bridgehead atoms. The van der Waals surface area contributed by atoms with E-state index in [9.17, 15) is 4.79 Å². The number of hydrogen-bond acceptors (Lipinski definition) is 6. The van der Waals surface area contributed by atoms with Crippen LogP contribution in [0.25, 0.3) is 0 Å². The first kappa shape index (κ1) is 15.0. The minimum Gasteiger partial charge on any atom is -0.465 e. The molecule has 2 heterocycles. The number of carbonyl (C=O) groups is 1. The van der Waals surface area contributed by atoms with Crippen LogP contribution in [0.3, 0.4) is 0 Å². The van der Waals surface area contributed by atoms with Crippen LogP contribution in [-0.2, 0) is 14.3 Å². The lowest BCUT2D eigenvalue weighted by atomic mass is 10.1. The Hall–Kier alpha value is -1.92. The summed E-state index contributed by atoms with van der Waals surface area (Å²) in [6.07, 6.45) is 1.77. The van der Waals surface area contributed by atoms with E-state index in [4.69, 9.17) is 9.47 Å². The molecule has 1 fully saturated rings. The van der Waals surface area contributed by atoms with Crippen LogP contribution in [-0.4, -0.2) is 56.7 Å². The highest BCUT2D eigenvalue weighted by Crippen LogP contribution is 2.28. The molecule has 6 nitrogen and oxygen atoms in total. The van der Waals surface area contributed by atoms with E-state index in [1.54, 1.807) is 0 Å². The van der Waals surface area contributed by atoms with Crippen LogP contribution in [0.2, 0.25) is 0 Å². The first-order valence-corrected chi connectivity index (χ1v) is 7.69. The summed E-state index contributed by atoms with van der Waals surface area (Å²) >= 11 is 0. The molecule has 0 aromatic heterocycles. The molecule has 1 N–H and O–H groups in total. The van der Waals surface area contributed by atoms with Crippen molar-refractivity contribution in [1.29, 1.82) is 0 Å². The van der Waals surface area contributed by atoms with Gasteiger partial charge in [-0.25, -0.2) is 4.99 Å². The maximum Gasteiger partial charge on any atom is 0.290 e. The third kappa shape index (κ3) is 3.64. The van der Waals surface area contributed by atoms with Crippen molar-refractivity contribution in [3.05, 3.63) is 29.8 Å². The van der Waals surface area contributed by atoms with Gasteiger partial charge in [0.1, 0.15) is 12.3 Å². The topological polar surface area (TPSA) is 63.2 Å². The molecule has 0 amide bonds. The van der Waals surface area contributed by atoms with E-state index in [2.05, 4.69) is 15.2 Å². The number of aldehydes is 1. The largest absolute Gasteiger partial charge is 0.465 e. The van der Waals surface area contributed by atoms with E-state index < -0.39 is 6.04 Å². The Morgan fingerprint density at radius 1 is 1.36 bits per heavy atom. The number of carbonyl (C=O) groups excluding carboxylic acids is 1. The van der Waals surface area contributed by atoms with E-state index in [-0.39, 0.29) is 0 Å². The normalized spacial score (nSPS) is 21.5. The van der Waals surface area contributed by atoms with Crippen molar-refractivity contribution in [1.82, 2.24) is 4.90 Å². The molecule has 1 saturated heterocycles.